The number of carbonyl (C=O) groups is 2. The van der Waals surface area contributed by atoms with Gasteiger partial charge in [0, 0.05) is 24.6 Å². The predicted molar refractivity (Wildman–Crippen MR) is 139 cm³/mol. The molecular formula is C27H27ClN5O3+. The van der Waals surface area contributed by atoms with Crippen molar-refractivity contribution in [3.05, 3.63) is 82.5 Å². The molecule has 0 atom stereocenters. The van der Waals surface area contributed by atoms with Gasteiger partial charge in [0.15, 0.2) is 0 Å². The number of nitrogens with zero attached hydrogens (tertiary/aromatic N) is 3. The molecule has 2 amide bonds. The number of likely N-dealkylation sites (tertiary alicyclic amines) is 1. The Labute approximate surface area is 214 Å². The van der Waals surface area contributed by atoms with E-state index in [9.17, 15) is 9.59 Å². The van der Waals surface area contributed by atoms with Gasteiger partial charge in [-0.1, -0.05) is 11.6 Å². The molecule has 0 bridgehead atoms. The van der Waals surface area contributed by atoms with Crippen molar-refractivity contribution in [2.45, 2.75) is 12.8 Å². The van der Waals surface area contributed by atoms with E-state index in [1.165, 1.54) is 32.0 Å². The minimum atomic E-state index is -0.433. The zero-order valence-corrected chi connectivity index (χ0v) is 20.7. The molecule has 184 valence electrons. The van der Waals surface area contributed by atoms with Gasteiger partial charge in [-0.25, -0.2) is 4.98 Å². The maximum Gasteiger partial charge on any atom is 0.279 e. The van der Waals surface area contributed by atoms with E-state index in [-0.39, 0.29) is 11.5 Å². The van der Waals surface area contributed by atoms with E-state index < -0.39 is 5.91 Å². The molecule has 2 fully saturated rings. The zero-order valence-electron chi connectivity index (χ0n) is 20.0. The third kappa shape index (κ3) is 5.04. The predicted octanol–water partition coefficient (Wildman–Crippen LogP) is 4.12. The number of benzene rings is 2. The largest absolute Gasteiger partial charge is 0.497 e. The summed E-state index contributed by atoms with van der Waals surface area (Å²) in [6.45, 7) is 4.29. The van der Waals surface area contributed by atoms with Gasteiger partial charge in [0.25, 0.3) is 17.6 Å². The van der Waals surface area contributed by atoms with Crippen molar-refractivity contribution in [3.8, 4) is 5.75 Å². The van der Waals surface area contributed by atoms with E-state index in [1.807, 2.05) is 24.3 Å². The first-order valence-electron chi connectivity index (χ1n) is 11.9. The summed E-state index contributed by atoms with van der Waals surface area (Å²) in [7, 11) is 1.52. The van der Waals surface area contributed by atoms with Crippen molar-refractivity contribution in [2.24, 2.45) is 0 Å². The number of pyridine rings is 1. The molecule has 0 radical (unpaired) electrons. The van der Waals surface area contributed by atoms with E-state index in [0.29, 0.717) is 27.8 Å². The van der Waals surface area contributed by atoms with Crippen LogP contribution in [-0.2, 0) is 0 Å². The second-order valence-electron chi connectivity index (χ2n) is 8.76. The Morgan fingerprint density at radius 3 is 2.28 bits per heavy atom. The minimum absolute atomic E-state index is 0.252. The van der Waals surface area contributed by atoms with Crippen LogP contribution in [0.5, 0.6) is 5.75 Å². The Morgan fingerprint density at radius 2 is 1.69 bits per heavy atom. The molecule has 0 spiro atoms. The van der Waals surface area contributed by atoms with Crippen molar-refractivity contribution in [1.82, 2.24) is 9.88 Å². The Morgan fingerprint density at radius 1 is 0.944 bits per heavy atom. The van der Waals surface area contributed by atoms with Gasteiger partial charge in [-0.15, -0.1) is 0 Å². The number of hydrogen-bond donors (Lipinski definition) is 2. The van der Waals surface area contributed by atoms with Crippen LogP contribution in [0, 0.1) is 0 Å². The van der Waals surface area contributed by atoms with Crippen molar-refractivity contribution in [3.63, 3.8) is 0 Å². The normalized spacial score (nSPS) is 14.4. The fraction of sp³-hybridized carbons (Fsp3) is 0.259. The number of anilines is 2. The number of amidine groups is 1. The lowest BCUT2D eigenvalue weighted by atomic mass is 10.1. The lowest BCUT2D eigenvalue weighted by molar-refractivity contribution is -0.587. The van der Waals surface area contributed by atoms with Crippen LogP contribution < -0.4 is 15.4 Å². The maximum atomic E-state index is 13.1. The van der Waals surface area contributed by atoms with E-state index in [4.69, 9.17) is 16.3 Å². The first-order valence-corrected chi connectivity index (χ1v) is 12.3. The van der Waals surface area contributed by atoms with Gasteiger partial charge < -0.3 is 15.4 Å². The van der Waals surface area contributed by atoms with Gasteiger partial charge in [0.2, 0.25) is 0 Å². The molecule has 2 saturated heterocycles. The van der Waals surface area contributed by atoms with E-state index >= 15 is 0 Å². The molecule has 3 heterocycles. The molecule has 3 aromatic rings. The van der Waals surface area contributed by atoms with Crippen LogP contribution in [0.3, 0.4) is 0 Å². The van der Waals surface area contributed by atoms with Crippen molar-refractivity contribution < 1.29 is 18.9 Å². The monoisotopic (exact) mass is 504 g/mol. The lowest BCUT2D eigenvalue weighted by Crippen LogP contribution is -2.49. The third-order valence-corrected chi connectivity index (χ3v) is 6.63. The highest BCUT2D eigenvalue weighted by Crippen LogP contribution is 2.24. The fourth-order valence-corrected chi connectivity index (χ4v) is 4.28. The summed E-state index contributed by atoms with van der Waals surface area (Å²) >= 11 is 5.88. The van der Waals surface area contributed by atoms with E-state index in [0.717, 1.165) is 31.7 Å². The van der Waals surface area contributed by atoms with Crippen molar-refractivity contribution >= 4 is 40.8 Å². The highest BCUT2D eigenvalue weighted by molar-refractivity contribution is 6.30. The number of nitrogens with one attached hydrogen (secondary N) is 2. The smallest absolute Gasteiger partial charge is 0.279 e. The van der Waals surface area contributed by atoms with Crippen LogP contribution in [0.4, 0.5) is 11.5 Å². The first kappa shape index (κ1) is 23.8. The molecular weight excluding hydrogens is 478 g/mol. The molecule has 0 unspecified atom stereocenters. The molecule has 2 aliphatic rings. The molecule has 9 heteroatoms. The second kappa shape index (κ2) is 10.4. The molecule has 8 nitrogen and oxygen atoms in total. The summed E-state index contributed by atoms with van der Waals surface area (Å²) in [5.41, 5.74) is 2.24. The Bertz CT molecular complexity index is 1310. The molecule has 2 aromatic carbocycles. The van der Waals surface area contributed by atoms with Crippen LogP contribution in [-0.4, -0.2) is 65.4 Å². The summed E-state index contributed by atoms with van der Waals surface area (Å²) < 4.78 is 7.68. The second-order valence-corrected chi connectivity index (χ2v) is 9.20. The lowest BCUT2D eigenvalue weighted by Gasteiger charge is -2.31. The molecule has 2 N–H and O–H groups in total. The highest BCUT2D eigenvalue weighted by Gasteiger charge is 2.32. The molecule has 5 rings (SSSR count). The summed E-state index contributed by atoms with van der Waals surface area (Å²) in [4.78, 5) is 32.6. The highest BCUT2D eigenvalue weighted by atomic mass is 35.5. The Balaban J connectivity index is 1.35. The van der Waals surface area contributed by atoms with Crippen LogP contribution in [0.1, 0.15) is 39.1 Å². The van der Waals surface area contributed by atoms with Gasteiger partial charge in [-0.2, -0.15) is 0 Å². The number of aromatic nitrogens is 1. The van der Waals surface area contributed by atoms with E-state index in [1.54, 1.807) is 30.3 Å². The number of carbonyl (C=O) groups excluding carboxylic acids is 2. The number of rotatable bonds is 6. The summed E-state index contributed by atoms with van der Waals surface area (Å²) in [6.07, 6.45) is 3.87. The minimum Gasteiger partial charge on any atom is -0.497 e. The maximum absolute atomic E-state index is 13.1. The standard InChI is InChI=1S/C27H26ClN5O3/c1-36-21-9-10-23(22(16-21)26(35)31-24-11-8-20(28)17-29-24)30-25(34)18-4-6-19(7-5-18)27(32-12-2-13-32)33-14-3-15-33/h4-11,16-17H,2-3,12-15H2,1H3,(H-,29,30,31,34,35)/p+1. The first-order chi connectivity index (χ1) is 17.5. The van der Waals surface area contributed by atoms with Gasteiger partial charge >= 0.3 is 0 Å². The summed E-state index contributed by atoms with van der Waals surface area (Å²) in [5.74, 6) is 1.35. The average Bonchev–Trinajstić information content (AvgIpc) is 2.83. The van der Waals surface area contributed by atoms with Crippen LogP contribution in [0.15, 0.2) is 60.8 Å². The molecule has 0 saturated carbocycles. The fourth-order valence-electron chi connectivity index (χ4n) is 4.17. The number of hydrogen-bond acceptors (Lipinski definition) is 4. The topological polar surface area (TPSA) is 86.6 Å². The van der Waals surface area contributed by atoms with Gasteiger partial charge in [0.1, 0.15) is 11.6 Å². The van der Waals surface area contributed by atoms with Crippen molar-refractivity contribution in [1.29, 1.82) is 0 Å². The Kier molecular flexibility index (Phi) is 6.86. The number of halogens is 1. The number of methoxy groups -OCH3 is 1. The average molecular weight is 505 g/mol. The van der Waals surface area contributed by atoms with Gasteiger partial charge in [-0.05, 0) is 54.6 Å². The SMILES string of the molecule is COc1ccc(NC(=O)c2ccc(C(N3CCC3)=[N+]3CCC3)cc2)c(C(=O)Nc2ccc(Cl)cn2)c1. The van der Waals surface area contributed by atoms with Gasteiger partial charge in [-0.3, -0.25) is 19.1 Å². The zero-order chi connectivity index (χ0) is 25.1. The number of amides is 2. The third-order valence-electron chi connectivity index (χ3n) is 6.41. The molecule has 1 aromatic heterocycles. The molecule has 0 aliphatic carbocycles. The number of ether oxygens (including phenoxy) is 1. The van der Waals surface area contributed by atoms with Crippen LogP contribution in [0.2, 0.25) is 5.02 Å². The summed E-state index contributed by atoms with van der Waals surface area (Å²) in [5, 5.41) is 6.06. The quantitative estimate of drug-likeness (QED) is 0.389. The Hall–Kier alpha value is -3.91. The van der Waals surface area contributed by atoms with Gasteiger partial charge in [0.05, 0.1) is 55.1 Å². The van der Waals surface area contributed by atoms with E-state index in [2.05, 4.69) is 25.1 Å². The van der Waals surface area contributed by atoms with Crippen molar-refractivity contribution in [2.75, 3.05) is 43.9 Å². The summed E-state index contributed by atoms with van der Waals surface area (Å²) in [6, 6.07) is 15.8. The van der Waals surface area contributed by atoms with Crippen LogP contribution >= 0.6 is 11.6 Å². The molecule has 36 heavy (non-hydrogen) atoms. The van der Waals surface area contributed by atoms with Crippen LogP contribution in [0.25, 0.3) is 0 Å². The molecule has 2 aliphatic heterocycles.